The second-order valence-electron chi connectivity index (χ2n) is 6.86. The summed E-state index contributed by atoms with van der Waals surface area (Å²) < 4.78 is 4.66. The fourth-order valence-corrected chi connectivity index (χ4v) is 3.88. The highest BCUT2D eigenvalue weighted by Crippen LogP contribution is 2.37. The Labute approximate surface area is 142 Å². The van der Waals surface area contributed by atoms with Gasteiger partial charge < -0.3 is 20.7 Å². The molecule has 0 radical (unpaired) electrons. The zero-order chi connectivity index (χ0) is 17.2. The first-order valence-electron chi connectivity index (χ1n) is 8.48. The number of methoxy groups -OCH3 is 1. The molecule has 1 spiro atoms. The number of carbonyl (C=O) groups excluding carboxylic acids is 2. The molecule has 2 heterocycles. The predicted molar refractivity (Wildman–Crippen MR) is 91.5 cm³/mol. The van der Waals surface area contributed by atoms with Crippen LogP contribution in [0.25, 0.3) is 0 Å². The average molecular weight is 331 g/mol. The first-order chi connectivity index (χ1) is 11.5. The fraction of sp³-hybridized carbons (Fsp3) is 0.556. The summed E-state index contributed by atoms with van der Waals surface area (Å²) in [6.45, 7) is 1.83. The van der Waals surface area contributed by atoms with E-state index in [2.05, 4.69) is 27.1 Å². The quantitative estimate of drug-likeness (QED) is 0.806. The van der Waals surface area contributed by atoms with Gasteiger partial charge in [0.2, 0.25) is 5.91 Å². The number of para-hydroxylation sites is 1. The van der Waals surface area contributed by atoms with Crippen molar-refractivity contribution in [2.75, 3.05) is 25.1 Å². The lowest BCUT2D eigenvalue weighted by atomic mass is 9.82. The number of nitrogens with two attached hydrogens (primary N) is 1. The van der Waals surface area contributed by atoms with Crippen molar-refractivity contribution in [3.8, 4) is 0 Å². The first kappa shape index (κ1) is 16.8. The Morgan fingerprint density at radius 3 is 2.67 bits per heavy atom. The van der Waals surface area contributed by atoms with Gasteiger partial charge in [0, 0.05) is 30.2 Å². The molecule has 2 aliphatic heterocycles. The Hall–Kier alpha value is -2.08. The van der Waals surface area contributed by atoms with Gasteiger partial charge in [-0.2, -0.15) is 0 Å². The van der Waals surface area contributed by atoms with Crippen LogP contribution in [0.3, 0.4) is 0 Å². The number of esters is 1. The SMILES string of the molecule is COC(=O)C(N)CC1CC2(CCN(c3ccccc3)CC2)NC1=O. The number of hydrogen-bond acceptors (Lipinski definition) is 5. The van der Waals surface area contributed by atoms with Gasteiger partial charge in [-0.1, -0.05) is 18.2 Å². The summed E-state index contributed by atoms with van der Waals surface area (Å²) in [5.41, 5.74) is 6.90. The van der Waals surface area contributed by atoms with Crippen molar-refractivity contribution in [2.45, 2.75) is 37.3 Å². The number of amides is 1. The summed E-state index contributed by atoms with van der Waals surface area (Å²) in [5, 5.41) is 3.18. The maximum absolute atomic E-state index is 12.3. The minimum absolute atomic E-state index is 0.0162. The summed E-state index contributed by atoms with van der Waals surface area (Å²) in [7, 11) is 1.32. The third kappa shape index (κ3) is 3.38. The van der Waals surface area contributed by atoms with E-state index in [9.17, 15) is 9.59 Å². The number of benzene rings is 1. The van der Waals surface area contributed by atoms with E-state index < -0.39 is 12.0 Å². The van der Waals surface area contributed by atoms with E-state index in [0.717, 1.165) is 32.4 Å². The van der Waals surface area contributed by atoms with Crippen LogP contribution >= 0.6 is 0 Å². The van der Waals surface area contributed by atoms with Crippen LogP contribution in [0.15, 0.2) is 30.3 Å². The number of rotatable bonds is 4. The maximum Gasteiger partial charge on any atom is 0.322 e. The maximum atomic E-state index is 12.3. The van der Waals surface area contributed by atoms with E-state index in [1.54, 1.807) is 0 Å². The predicted octanol–water partition coefficient (Wildman–Crippen LogP) is 1.05. The zero-order valence-electron chi connectivity index (χ0n) is 14.0. The van der Waals surface area contributed by atoms with Crippen molar-refractivity contribution < 1.29 is 14.3 Å². The van der Waals surface area contributed by atoms with E-state index in [4.69, 9.17) is 5.73 Å². The fourth-order valence-electron chi connectivity index (χ4n) is 3.88. The van der Waals surface area contributed by atoms with Crippen molar-refractivity contribution in [3.05, 3.63) is 30.3 Å². The summed E-state index contributed by atoms with van der Waals surface area (Å²) in [5.74, 6) is -0.646. The van der Waals surface area contributed by atoms with Gasteiger partial charge in [-0.05, 0) is 37.8 Å². The van der Waals surface area contributed by atoms with Crippen LogP contribution in [0.2, 0.25) is 0 Å². The van der Waals surface area contributed by atoms with E-state index in [1.165, 1.54) is 12.8 Å². The molecule has 3 N–H and O–H groups in total. The highest BCUT2D eigenvalue weighted by Gasteiger charge is 2.46. The van der Waals surface area contributed by atoms with E-state index in [0.29, 0.717) is 6.42 Å². The number of anilines is 1. The summed E-state index contributed by atoms with van der Waals surface area (Å²) in [4.78, 5) is 26.2. The van der Waals surface area contributed by atoms with Crippen LogP contribution in [0.1, 0.15) is 25.7 Å². The summed E-state index contributed by atoms with van der Waals surface area (Å²) in [6, 6.07) is 9.60. The van der Waals surface area contributed by atoms with Gasteiger partial charge in [-0.15, -0.1) is 0 Å². The lowest BCUT2D eigenvalue weighted by Crippen LogP contribution is -2.51. The molecule has 0 saturated carbocycles. The number of hydrogen-bond donors (Lipinski definition) is 2. The molecule has 3 rings (SSSR count). The van der Waals surface area contributed by atoms with Crippen molar-refractivity contribution in [2.24, 2.45) is 11.7 Å². The minimum Gasteiger partial charge on any atom is -0.468 e. The Morgan fingerprint density at radius 1 is 1.38 bits per heavy atom. The van der Waals surface area contributed by atoms with Gasteiger partial charge in [0.25, 0.3) is 0 Å². The Balaban J connectivity index is 1.59. The van der Waals surface area contributed by atoms with Crippen molar-refractivity contribution in [1.29, 1.82) is 0 Å². The van der Waals surface area contributed by atoms with Crippen LogP contribution < -0.4 is 16.0 Å². The third-order valence-corrected chi connectivity index (χ3v) is 5.28. The molecule has 24 heavy (non-hydrogen) atoms. The molecule has 2 saturated heterocycles. The van der Waals surface area contributed by atoms with Crippen molar-refractivity contribution in [1.82, 2.24) is 5.32 Å². The van der Waals surface area contributed by atoms with Gasteiger partial charge in [-0.25, -0.2) is 0 Å². The standard InChI is InChI=1S/C18H25N3O3/c1-24-17(23)15(19)11-13-12-18(20-16(13)22)7-9-21(10-8-18)14-5-3-2-4-6-14/h2-6,13,15H,7-12,19H2,1H3,(H,20,22). The number of carbonyl (C=O) groups is 2. The molecule has 2 atom stereocenters. The summed E-state index contributed by atoms with van der Waals surface area (Å²) in [6.07, 6.45) is 2.93. The molecule has 2 unspecified atom stereocenters. The molecule has 0 aliphatic carbocycles. The number of ether oxygens (including phenoxy) is 1. The zero-order valence-corrected chi connectivity index (χ0v) is 14.0. The van der Waals surface area contributed by atoms with Gasteiger partial charge >= 0.3 is 5.97 Å². The molecular formula is C18H25N3O3. The highest BCUT2D eigenvalue weighted by molar-refractivity contribution is 5.84. The monoisotopic (exact) mass is 331 g/mol. The van der Waals surface area contributed by atoms with Gasteiger partial charge in [-0.3, -0.25) is 9.59 Å². The number of nitrogens with zero attached hydrogens (tertiary/aromatic N) is 1. The lowest BCUT2D eigenvalue weighted by molar-refractivity contribution is -0.142. The average Bonchev–Trinajstić information content (AvgIpc) is 2.90. The summed E-state index contributed by atoms with van der Waals surface area (Å²) >= 11 is 0. The molecule has 2 fully saturated rings. The topological polar surface area (TPSA) is 84.7 Å². The van der Waals surface area contributed by atoms with E-state index >= 15 is 0 Å². The highest BCUT2D eigenvalue weighted by atomic mass is 16.5. The molecule has 2 aliphatic rings. The normalized spacial score (nSPS) is 23.8. The van der Waals surface area contributed by atoms with E-state index in [-0.39, 0.29) is 17.4 Å². The molecule has 0 aromatic heterocycles. The molecule has 6 nitrogen and oxygen atoms in total. The molecule has 6 heteroatoms. The molecule has 0 bridgehead atoms. The van der Waals surface area contributed by atoms with Gasteiger partial charge in [0.15, 0.2) is 0 Å². The molecular weight excluding hydrogens is 306 g/mol. The van der Waals surface area contributed by atoms with Crippen molar-refractivity contribution in [3.63, 3.8) is 0 Å². The second-order valence-corrected chi connectivity index (χ2v) is 6.86. The van der Waals surface area contributed by atoms with E-state index in [1.807, 2.05) is 18.2 Å². The van der Waals surface area contributed by atoms with Crippen LogP contribution in [-0.2, 0) is 14.3 Å². The van der Waals surface area contributed by atoms with Gasteiger partial charge in [0.05, 0.1) is 7.11 Å². The lowest BCUT2D eigenvalue weighted by Gasteiger charge is -2.40. The number of nitrogens with one attached hydrogen (secondary N) is 1. The Morgan fingerprint density at radius 2 is 2.04 bits per heavy atom. The molecule has 1 aromatic carbocycles. The first-order valence-corrected chi connectivity index (χ1v) is 8.48. The molecule has 1 amide bonds. The molecule has 130 valence electrons. The number of piperidine rings is 1. The Bertz CT molecular complexity index is 597. The smallest absolute Gasteiger partial charge is 0.322 e. The Kier molecular flexibility index (Phi) is 4.76. The van der Waals surface area contributed by atoms with Crippen LogP contribution in [0.5, 0.6) is 0 Å². The minimum atomic E-state index is -0.731. The van der Waals surface area contributed by atoms with Crippen LogP contribution in [0.4, 0.5) is 5.69 Å². The van der Waals surface area contributed by atoms with Crippen LogP contribution in [0, 0.1) is 5.92 Å². The third-order valence-electron chi connectivity index (χ3n) is 5.28. The van der Waals surface area contributed by atoms with Crippen molar-refractivity contribution >= 4 is 17.6 Å². The molecule has 1 aromatic rings. The van der Waals surface area contributed by atoms with Crippen LogP contribution in [-0.4, -0.2) is 43.7 Å². The second kappa shape index (κ2) is 6.81. The largest absolute Gasteiger partial charge is 0.468 e. The van der Waals surface area contributed by atoms with Gasteiger partial charge in [0.1, 0.15) is 6.04 Å².